The summed E-state index contributed by atoms with van der Waals surface area (Å²) in [7, 11) is 0. The Labute approximate surface area is 172 Å². The maximum absolute atomic E-state index is 13.7. The van der Waals surface area contributed by atoms with E-state index in [4.69, 9.17) is 0 Å². The van der Waals surface area contributed by atoms with Crippen LogP contribution in [0.3, 0.4) is 0 Å². The lowest BCUT2D eigenvalue weighted by Gasteiger charge is -2.37. The Bertz CT molecular complexity index is 1040. The van der Waals surface area contributed by atoms with Crippen molar-refractivity contribution in [2.75, 3.05) is 24.5 Å². The van der Waals surface area contributed by atoms with Crippen LogP contribution in [0, 0.1) is 5.41 Å². The molecule has 0 aromatic carbocycles. The zero-order valence-corrected chi connectivity index (χ0v) is 17.2. The van der Waals surface area contributed by atoms with Gasteiger partial charge in [-0.05, 0) is 36.1 Å². The highest BCUT2D eigenvalue weighted by molar-refractivity contribution is 5.90. The zero-order valence-electron chi connectivity index (χ0n) is 17.2. The molecule has 0 bridgehead atoms. The monoisotopic (exact) mass is 418 g/mol. The Morgan fingerprint density at radius 2 is 1.97 bits per heavy atom. The number of aromatic amines is 1. The molecule has 1 fully saturated rings. The minimum atomic E-state index is -4.53. The van der Waals surface area contributed by atoms with Gasteiger partial charge in [0.05, 0.1) is 11.3 Å². The second-order valence-corrected chi connectivity index (χ2v) is 8.90. The number of H-pyrrole nitrogens is 1. The molecule has 30 heavy (non-hydrogen) atoms. The van der Waals surface area contributed by atoms with Crippen LogP contribution in [0.25, 0.3) is 22.4 Å². The molecule has 3 aromatic rings. The van der Waals surface area contributed by atoms with Gasteiger partial charge in [-0.1, -0.05) is 20.8 Å². The Morgan fingerprint density at radius 1 is 1.17 bits per heavy atom. The minimum Gasteiger partial charge on any atom is -0.354 e. The van der Waals surface area contributed by atoms with Crippen LogP contribution in [-0.2, 0) is 6.18 Å². The maximum Gasteiger partial charge on any atom is 0.418 e. The largest absolute Gasteiger partial charge is 0.418 e. The Balaban J connectivity index is 1.74. The van der Waals surface area contributed by atoms with Crippen LogP contribution in [0.2, 0.25) is 0 Å². The fourth-order valence-corrected chi connectivity index (χ4v) is 3.98. The van der Waals surface area contributed by atoms with Gasteiger partial charge < -0.3 is 10.2 Å². The van der Waals surface area contributed by atoms with Crippen molar-refractivity contribution >= 4 is 16.9 Å². The van der Waals surface area contributed by atoms with Crippen LogP contribution in [0.4, 0.5) is 19.0 Å². The predicted molar refractivity (Wildman–Crippen MR) is 110 cm³/mol. The molecule has 1 aliphatic heterocycles. The molecule has 1 saturated heterocycles. The summed E-state index contributed by atoms with van der Waals surface area (Å²) in [4.78, 5) is 10.6. The first-order chi connectivity index (χ1) is 14.1. The number of pyridine rings is 2. The second-order valence-electron chi connectivity index (χ2n) is 8.90. The smallest absolute Gasteiger partial charge is 0.354 e. The van der Waals surface area contributed by atoms with E-state index in [9.17, 15) is 13.2 Å². The van der Waals surface area contributed by atoms with E-state index in [0.29, 0.717) is 29.9 Å². The van der Waals surface area contributed by atoms with Crippen molar-refractivity contribution in [2.24, 2.45) is 5.41 Å². The molecule has 1 aliphatic rings. The van der Waals surface area contributed by atoms with Crippen molar-refractivity contribution in [1.29, 1.82) is 0 Å². The number of fused-ring (bicyclic) bond motifs is 1. The lowest BCUT2D eigenvalue weighted by Crippen LogP contribution is -2.52. The quantitative estimate of drug-likeness (QED) is 0.665. The highest BCUT2D eigenvalue weighted by Gasteiger charge is 2.36. The van der Waals surface area contributed by atoms with Crippen molar-refractivity contribution in [2.45, 2.75) is 39.4 Å². The van der Waals surface area contributed by atoms with Crippen LogP contribution in [-0.4, -0.2) is 45.8 Å². The molecule has 160 valence electrons. The fraction of sp³-hybridized carbons (Fsp3) is 0.476. The van der Waals surface area contributed by atoms with Gasteiger partial charge in [0, 0.05) is 37.3 Å². The standard InChI is InChI=1S/C21H25F3N6/c1-20(2,3)11-13-12-30(10-9-25-13)16-7-6-15(21(22,23)24)18(27-16)17-14-5-4-8-26-19(14)29-28-17/h4-8,13,25H,9-12H2,1-3H3,(H,26,28,29). The normalized spacial score (nSPS) is 18.2. The summed E-state index contributed by atoms with van der Waals surface area (Å²) in [6, 6.07) is 6.19. The van der Waals surface area contributed by atoms with Crippen LogP contribution in [0.5, 0.6) is 0 Å². The van der Waals surface area contributed by atoms with Gasteiger partial charge in [0.2, 0.25) is 0 Å². The molecule has 4 heterocycles. The van der Waals surface area contributed by atoms with Gasteiger partial charge in [-0.25, -0.2) is 9.97 Å². The maximum atomic E-state index is 13.7. The third kappa shape index (κ3) is 4.26. The average Bonchev–Trinajstić information content (AvgIpc) is 3.10. The molecule has 0 saturated carbocycles. The number of anilines is 1. The molecule has 1 unspecified atom stereocenters. The van der Waals surface area contributed by atoms with E-state index in [2.05, 4.69) is 46.3 Å². The summed E-state index contributed by atoms with van der Waals surface area (Å²) in [6.07, 6.45) is -2.01. The molecule has 0 spiro atoms. The predicted octanol–water partition coefficient (Wildman–Crippen LogP) is 4.25. The Hall–Kier alpha value is -2.68. The number of hydrogen-bond donors (Lipinski definition) is 2. The van der Waals surface area contributed by atoms with Gasteiger partial charge >= 0.3 is 6.18 Å². The molecular formula is C21H25F3N6. The third-order valence-corrected chi connectivity index (χ3v) is 5.19. The van der Waals surface area contributed by atoms with Gasteiger partial charge in [-0.2, -0.15) is 18.3 Å². The third-order valence-electron chi connectivity index (χ3n) is 5.19. The van der Waals surface area contributed by atoms with Crippen LogP contribution >= 0.6 is 0 Å². The molecule has 4 rings (SSSR count). The van der Waals surface area contributed by atoms with E-state index < -0.39 is 11.7 Å². The van der Waals surface area contributed by atoms with Crippen molar-refractivity contribution in [3.05, 3.63) is 36.0 Å². The summed E-state index contributed by atoms with van der Waals surface area (Å²) in [5, 5.41) is 10.8. The number of aromatic nitrogens is 4. The van der Waals surface area contributed by atoms with Gasteiger partial charge in [0.25, 0.3) is 0 Å². The first-order valence-corrected chi connectivity index (χ1v) is 9.98. The molecule has 0 amide bonds. The number of nitrogens with zero attached hydrogens (tertiary/aromatic N) is 4. The molecule has 3 aromatic heterocycles. The Kier molecular flexibility index (Phi) is 5.17. The van der Waals surface area contributed by atoms with Crippen molar-refractivity contribution in [3.8, 4) is 11.4 Å². The van der Waals surface area contributed by atoms with Gasteiger partial charge in [-0.15, -0.1) is 0 Å². The number of rotatable bonds is 3. The van der Waals surface area contributed by atoms with E-state index in [1.54, 1.807) is 18.3 Å². The number of piperazine rings is 1. The van der Waals surface area contributed by atoms with Crippen molar-refractivity contribution < 1.29 is 13.2 Å². The highest BCUT2D eigenvalue weighted by atomic mass is 19.4. The van der Waals surface area contributed by atoms with E-state index >= 15 is 0 Å². The molecular weight excluding hydrogens is 393 g/mol. The molecule has 2 N–H and O–H groups in total. The summed E-state index contributed by atoms with van der Waals surface area (Å²) in [5.74, 6) is 0.532. The number of alkyl halides is 3. The molecule has 9 heteroatoms. The van der Waals surface area contributed by atoms with Crippen LogP contribution < -0.4 is 10.2 Å². The van der Waals surface area contributed by atoms with E-state index in [0.717, 1.165) is 19.0 Å². The van der Waals surface area contributed by atoms with E-state index in [-0.39, 0.29) is 22.8 Å². The van der Waals surface area contributed by atoms with E-state index in [1.807, 2.05) is 4.90 Å². The molecule has 0 radical (unpaired) electrons. The summed E-state index contributed by atoms with van der Waals surface area (Å²) < 4.78 is 41.2. The van der Waals surface area contributed by atoms with E-state index in [1.165, 1.54) is 6.07 Å². The molecule has 1 atom stereocenters. The van der Waals surface area contributed by atoms with Crippen LogP contribution in [0.15, 0.2) is 30.5 Å². The SMILES string of the molecule is CC(C)(C)CC1CN(c2ccc(C(F)(F)F)c(-c3[nH]nc4ncccc34)n2)CCN1. The highest BCUT2D eigenvalue weighted by Crippen LogP contribution is 2.38. The lowest BCUT2D eigenvalue weighted by atomic mass is 9.87. The fourth-order valence-electron chi connectivity index (χ4n) is 3.98. The number of nitrogens with one attached hydrogen (secondary N) is 2. The molecule has 6 nitrogen and oxygen atoms in total. The Morgan fingerprint density at radius 3 is 2.70 bits per heavy atom. The summed E-state index contributed by atoms with van der Waals surface area (Å²) >= 11 is 0. The first-order valence-electron chi connectivity index (χ1n) is 9.98. The zero-order chi connectivity index (χ0) is 21.5. The van der Waals surface area contributed by atoms with Crippen molar-refractivity contribution in [1.82, 2.24) is 25.5 Å². The summed E-state index contributed by atoms with van der Waals surface area (Å²) in [6.45, 7) is 8.68. The average molecular weight is 418 g/mol. The van der Waals surface area contributed by atoms with Gasteiger partial charge in [-0.3, -0.25) is 5.10 Å². The second kappa shape index (κ2) is 7.54. The molecule has 0 aliphatic carbocycles. The topological polar surface area (TPSA) is 69.7 Å². The van der Waals surface area contributed by atoms with Crippen LogP contribution in [0.1, 0.15) is 32.8 Å². The van der Waals surface area contributed by atoms with Crippen molar-refractivity contribution in [3.63, 3.8) is 0 Å². The first kappa shape index (κ1) is 20.6. The van der Waals surface area contributed by atoms with Gasteiger partial charge in [0.1, 0.15) is 11.5 Å². The number of hydrogen-bond acceptors (Lipinski definition) is 5. The minimum absolute atomic E-state index is 0.151. The lowest BCUT2D eigenvalue weighted by molar-refractivity contribution is -0.137. The van der Waals surface area contributed by atoms with Gasteiger partial charge in [0.15, 0.2) is 5.65 Å². The summed E-state index contributed by atoms with van der Waals surface area (Å²) in [5.41, 5.74) is -0.196. The number of halogens is 3.